The van der Waals surface area contributed by atoms with Gasteiger partial charge in [-0.2, -0.15) is 0 Å². The molecule has 3 heterocycles. The van der Waals surface area contributed by atoms with Crippen molar-refractivity contribution >= 4 is 23.7 Å². The number of aliphatic hydroxyl groups is 2. The summed E-state index contributed by atoms with van der Waals surface area (Å²) in [6.07, 6.45) is -0.0452. The number of hydrogen-bond acceptors (Lipinski definition) is 11. The molecule has 1 aromatic heterocycles. The van der Waals surface area contributed by atoms with E-state index in [1.54, 1.807) is 13.0 Å². The molecule has 2 N–H and O–H groups in total. The molecule has 12 atom stereocenters. The summed E-state index contributed by atoms with van der Waals surface area (Å²) >= 11 is 0. The molecular formula is C29H34O11. The summed E-state index contributed by atoms with van der Waals surface area (Å²) in [7, 11) is 1.16. The quantitative estimate of drug-likeness (QED) is 0.314. The SMILES string of the molecule is COC(=O)[C@@H](O)[C@H]1[C@@]2(C)CC3(OC(C)=O)[C@H](C(=O)[C@H]2O)[C@]24O[C@]25CC(=O)O[C@@H](c2ccoc2)[C@]5(C)CC[C@@H]4[C@]13C. The van der Waals surface area contributed by atoms with Crippen molar-refractivity contribution in [2.45, 2.75) is 88.5 Å². The molecule has 2 saturated heterocycles. The number of ether oxygens (including phenoxy) is 4. The predicted molar refractivity (Wildman–Crippen MR) is 131 cm³/mol. The highest BCUT2D eigenvalue weighted by Crippen LogP contribution is 2.89. The Morgan fingerprint density at radius 3 is 2.55 bits per heavy atom. The third-order valence-electron chi connectivity index (χ3n) is 12.2. The summed E-state index contributed by atoms with van der Waals surface area (Å²) in [6.45, 7) is 6.73. The zero-order valence-electron chi connectivity index (χ0n) is 23.1. The second kappa shape index (κ2) is 7.35. The summed E-state index contributed by atoms with van der Waals surface area (Å²) in [6, 6.07) is 1.73. The summed E-state index contributed by atoms with van der Waals surface area (Å²) in [5.74, 6) is -5.20. The molecule has 11 nitrogen and oxygen atoms in total. The first-order chi connectivity index (χ1) is 18.7. The van der Waals surface area contributed by atoms with Crippen LogP contribution in [0.4, 0.5) is 0 Å². The monoisotopic (exact) mass is 558 g/mol. The van der Waals surface area contributed by atoms with Gasteiger partial charge in [0.2, 0.25) is 0 Å². The minimum absolute atomic E-state index is 0.0381. The van der Waals surface area contributed by atoms with Gasteiger partial charge in [0.25, 0.3) is 0 Å². The largest absolute Gasteiger partial charge is 0.472 e. The summed E-state index contributed by atoms with van der Waals surface area (Å²) in [5.41, 5.74) is -6.54. The lowest BCUT2D eigenvalue weighted by molar-refractivity contribution is -0.186. The normalized spacial score (nSPS) is 52.1. The van der Waals surface area contributed by atoms with Gasteiger partial charge in [-0.25, -0.2) is 4.79 Å². The predicted octanol–water partition coefficient (Wildman–Crippen LogP) is 1.63. The van der Waals surface area contributed by atoms with Crippen LogP contribution in [-0.2, 0) is 38.1 Å². The lowest BCUT2D eigenvalue weighted by Gasteiger charge is -2.54. The second-order valence-corrected chi connectivity index (χ2v) is 13.5. The van der Waals surface area contributed by atoms with Gasteiger partial charge < -0.3 is 33.6 Å². The molecule has 1 unspecified atom stereocenters. The van der Waals surface area contributed by atoms with Gasteiger partial charge in [0, 0.05) is 40.6 Å². The average Bonchev–Trinajstić information content (AvgIpc) is 3.14. The average molecular weight is 559 g/mol. The number of ketones is 1. The van der Waals surface area contributed by atoms with E-state index in [0.717, 1.165) is 7.11 Å². The zero-order chi connectivity index (χ0) is 28.8. The Labute approximate surface area is 230 Å². The lowest BCUT2D eigenvalue weighted by atomic mass is 9.48. The number of furan rings is 1. The van der Waals surface area contributed by atoms with Crippen LogP contribution < -0.4 is 0 Å². The summed E-state index contributed by atoms with van der Waals surface area (Å²) in [5, 5.41) is 23.1. The number of hydrogen-bond donors (Lipinski definition) is 2. The number of carbonyl (C=O) groups is 4. The molecule has 11 heteroatoms. The zero-order valence-corrected chi connectivity index (χ0v) is 23.1. The van der Waals surface area contributed by atoms with E-state index in [0.29, 0.717) is 18.4 Å². The first kappa shape index (κ1) is 26.2. The summed E-state index contributed by atoms with van der Waals surface area (Å²) in [4.78, 5) is 53.2. The molecule has 0 radical (unpaired) electrons. The number of carbonyl (C=O) groups excluding carboxylic acids is 4. The Balaban J connectivity index is 1.48. The van der Waals surface area contributed by atoms with E-state index >= 15 is 0 Å². The van der Waals surface area contributed by atoms with Crippen LogP contribution in [0.5, 0.6) is 0 Å². The molecular weight excluding hydrogens is 524 g/mol. The molecule has 6 aliphatic rings. The summed E-state index contributed by atoms with van der Waals surface area (Å²) < 4.78 is 29.2. The van der Waals surface area contributed by atoms with Gasteiger partial charge in [0.05, 0.1) is 32.0 Å². The van der Waals surface area contributed by atoms with Gasteiger partial charge >= 0.3 is 17.9 Å². The van der Waals surface area contributed by atoms with Crippen LogP contribution in [0, 0.1) is 34.0 Å². The Morgan fingerprint density at radius 2 is 1.93 bits per heavy atom. The second-order valence-electron chi connectivity index (χ2n) is 13.5. The molecule has 2 bridgehead atoms. The Hall–Kier alpha value is -2.76. The number of cyclic esters (lactones) is 1. The van der Waals surface area contributed by atoms with Gasteiger partial charge in [-0.1, -0.05) is 20.8 Å². The van der Waals surface area contributed by atoms with E-state index < -0.39 is 92.8 Å². The fourth-order valence-corrected chi connectivity index (χ4v) is 11.0. The molecule has 0 aromatic carbocycles. The Morgan fingerprint density at radius 1 is 1.20 bits per heavy atom. The van der Waals surface area contributed by atoms with E-state index in [2.05, 4.69) is 0 Å². The standard InChI is InChI=1S/C29H34O11/c1-13(30)39-27-12-24(2)19(18(33)23(35)36-5)26(27,4)15-6-8-25(3)22(14-7-9-37-11-14)38-16(31)10-28(25)29(15,40-28)20(27)17(32)21(24)34/h7,9,11,15,18-22,33-34H,6,8,10,12H2,1-5H3/t15-,18+,19+,20+,21-,22+,24-,25+,26-,27?,28+,29+/m1/s1. The smallest absolute Gasteiger partial charge is 0.335 e. The van der Waals surface area contributed by atoms with Crippen molar-refractivity contribution in [2.24, 2.45) is 34.0 Å². The number of methoxy groups -OCH3 is 1. The number of rotatable bonds is 4. The van der Waals surface area contributed by atoms with Crippen LogP contribution >= 0.6 is 0 Å². The molecule has 4 saturated carbocycles. The maximum absolute atomic E-state index is 14.4. The van der Waals surface area contributed by atoms with Crippen molar-refractivity contribution in [3.63, 3.8) is 0 Å². The van der Waals surface area contributed by atoms with Crippen molar-refractivity contribution in [1.29, 1.82) is 0 Å². The minimum atomic E-state index is -1.70. The molecule has 0 amide bonds. The van der Waals surface area contributed by atoms with Gasteiger partial charge in [-0.3, -0.25) is 14.4 Å². The Bertz CT molecular complexity index is 1360. The third kappa shape index (κ3) is 2.40. The van der Waals surface area contributed by atoms with Gasteiger partial charge in [-0.15, -0.1) is 0 Å². The van der Waals surface area contributed by atoms with Crippen molar-refractivity contribution < 1.29 is 52.8 Å². The molecule has 1 aromatic rings. The fraction of sp³-hybridized carbons (Fsp3) is 0.724. The van der Waals surface area contributed by atoms with E-state index in [-0.39, 0.29) is 12.8 Å². The molecule has 40 heavy (non-hydrogen) atoms. The van der Waals surface area contributed by atoms with Crippen molar-refractivity contribution in [3.8, 4) is 0 Å². The minimum Gasteiger partial charge on any atom is -0.472 e. The van der Waals surface area contributed by atoms with Crippen LogP contribution in [0.1, 0.15) is 65.0 Å². The van der Waals surface area contributed by atoms with Gasteiger partial charge in [0.1, 0.15) is 29.0 Å². The number of esters is 3. The van der Waals surface area contributed by atoms with Crippen LogP contribution in [0.25, 0.3) is 0 Å². The molecule has 4 aliphatic carbocycles. The maximum atomic E-state index is 14.4. The highest BCUT2D eigenvalue weighted by molar-refractivity contribution is 5.94. The molecule has 7 rings (SSSR count). The number of aliphatic hydroxyl groups excluding tert-OH is 2. The van der Waals surface area contributed by atoms with E-state index in [9.17, 15) is 29.4 Å². The number of fused-ring (bicyclic) bond motifs is 2. The first-order valence-electron chi connectivity index (χ1n) is 13.8. The molecule has 216 valence electrons. The van der Waals surface area contributed by atoms with Crippen LogP contribution in [0.15, 0.2) is 23.0 Å². The first-order valence-corrected chi connectivity index (χ1v) is 13.8. The van der Waals surface area contributed by atoms with Crippen molar-refractivity contribution in [1.82, 2.24) is 0 Å². The van der Waals surface area contributed by atoms with Crippen LogP contribution in [-0.4, -0.2) is 70.0 Å². The fourth-order valence-electron chi connectivity index (χ4n) is 11.0. The maximum Gasteiger partial charge on any atom is 0.335 e. The van der Waals surface area contributed by atoms with Gasteiger partial charge in [0.15, 0.2) is 11.9 Å². The molecule has 2 aliphatic heterocycles. The Kier molecular flexibility index (Phi) is 4.81. The van der Waals surface area contributed by atoms with Crippen LogP contribution in [0.2, 0.25) is 0 Å². The number of epoxide rings is 1. The highest BCUT2D eigenvalue weighted by Gasteiger charge is 3.00. The lowest BCUT2D eigenvalue weighted by Crippen LogP contribution is -2.64. The number of Topliss-reactive ketones (excluding diaryl/α,β-unsaturated/α-hetero) is 1. The topological polar surface area (TPSA) is 162 Å². The highest BCUT2D eigenvalue weighted by atomic mass is 16.7. The van der Waals surface area contributed by atoms with Crippen LogP contribution in [0.3, 0.4) is 0 Å². The van der Waals surface area contributed by atoms with E-state index in [1.807, 2.05) is 13.8 Å². The van der Waals surface area contributed by atoms with Crippen molar-refractivity contribution in [3.05, 3.63) is 24.2 Å². The molecule has 2 spiro atoms. The van der Waals surface area contributed by atoms with Crippen molar-refractivity contribution in [2.75, 3.05) is 7.11 Å². The van der Waals surface area contributed by atoms with Gasteiger partial charge in [-0.05, 0) is 25.3 Å². The van der Waals surface area contributed by atoms with E-state index in [1.165, 1.54) is 19.5 Å². The van der Waals surface area contributed by atoms with E-state index in [4.69, 9.17) is 23.4 Å². The molecule has 6 fully saturated rings. The third-order valence-corrected chi connectivity index (χ3v) is 12.2.